The van der Waals surface area contributed by atoms with Gasteiger partial charge in [0.1, 0.15) is 11.9 Å². The van der Waals surface area contributed by atoms with Gasteiger partial charge in [-0.1, -0.05) is 48.5 Å². The quantitative estimate of drug-likeness (QED) is 0.725. The normalized spacial score (nSPS) is 14.0. The minimum Gasteiger partial charge on any atom is -0.336 e. The Morgan fingerprint density at radius 3 is 2.34 bits per heavy atom. The van der Waals surface area contributed by atoms with E-state index in [9.17, 15) is 14.0 Å². The molecular formula is C24H21FN2O2. The molecule has 1 N–H and O–H groups in total. The number of carbonyl (C=O) groups excluding carboxylic acids is 2. The second-order valence-corrected chi connectivity index (χ2v) is 7.05. The summed E-state index contributed by atoms with van der Waals surface area (Å²) in [5, 5.41) is 2.84. The van der Waals surface area contributed by atoms with E-state index in [4.69, 9.17) is 0 Å². The van der Waals surface area contributed by atoms with E-state index in [0.717, 1.165) is 24.1 Å². The fourth-order valence-corrected chi connectivity index (χ4v) is 3.67. The van der Waals surface area contributed by atoms with E-state index in [-0.39, 0.29) is 5.91 Å². The summed E-state index contributed by atoms with van der Waals surface area (Å²) < 4.78 is 13.2. The third-order valence-corrected chi connectivity index (χ3v) is 5.14. The number of carbonyl (C=O) groups is 2. The van der Waals surface area contributed by atoms with Crippen molar-refractivity contribution in [2.45, 2.75) is 18.9 Å². The molecule has 0 saturated heterocycles. The molecule has 1 heterocycles. The first-order valence-electron chi connectivity index (χ1n) is 9.64. The van der Waals surface area contributed by atoms with E-state index in [1.807, 2.05) is 54.6 Å². The molecule has 0 saturated carbocycles. The molecule has 146 valence electrons. The largest absolute Gasteiger partial charge is 0.336 e. The molecule has 1 atom stereocenters. The minimum atomic E-state index is -0.833. The Balaban J connectivity index is 1.65. The molecule has 0 aliphatic carbocycles. The molecule has 4 rings (SSSR count). The van der Waals surface area contributed by atoms with Crippen LogP contribution in [0.2, 0.25) is 0 Å². The van der Waals surface area contributed by atoms with Crippen molar-refractivity contribution in [2.24, 2.45) is 0 Å². The van der Waals surface area contributed by atoms with E-state index in [2.05, 4.69) is 5.32 Å². The predicted molar refractivity (Wildman–Crippen MR) is 110 cm³/mol. The van der Waals surface area contributed by atoms with E-state index >= 15 is 0 Å². The number of para-hydroxylation sites is 1. The zero-order valence-electron chi connectivity index (χ0n) is 15.8. The van der Waals surface area contributed by atoms with Gasteiger partial charge in [0.25, 0.3) is 11.8 Å². The number of nitrogens with one attached hydrogen (secondary N) is 1. The maximum atomic E-state index is 13.5. The highest BCUT2D eigenvalue weighted by Gasteiger charge is 2.31. The molecule has 4 nitrogen and oxygen atoms in total. The van der Waals surface area contributed by atoms with Crippen LogP contribution in [0.3, 0.4) is 0 Å². The third kappa shape index (κ3) is 4.04. The van der Waals surface area contributed by atoms with Gasteiger partial charge in [-0.15, -0.1) is 0 Å². The predicted octanol–water partition coefficient (Wildman–Crippen LogP) is 4.28. The first-order chi connectivity index (χ1) is 14.1. The SMILES string of the molecule is O=C(N[C@H](C(=O)N1CCCc2ccccc21)c1ccccc1)c1ccc(F)cc1. The highest BCUT2D eigenvalue weighted by Crippen LogP contribution is 2.29. The lowest BCUT2D eigenvalue weighted by atomic mass is 9.99. The number of hydrogen-bond acceptors (Lipinski definition) is 2. The molecular weight excluding hydrogens is 367 g/mol. The van der Waals surface area contributed by atoms with E-state index in [0.29, 0.717) is 17.7 Å². The van der Waals surface area contributed by atoms with Gasteiger partial charge in [0.2, 0.25) is 0 Å². The summed E-state index contributed by atoms with van der Waals surface area (Å²) in [5.74, 6) is -1.02. The Morgan fingerprint density at radius 1 is 0.897 bits per heavy atom. The zero-order chi connectivity index (χ0) is 20.2. The number of benzene rings is 3. The van der Waals surface area contributed by atoms with Crippen LogP contribution in [-0.4, -0.2) is 18.4 Å². The summed E-state index contributed by atoms with van der Waals surface area (Å²) >= 11 is 0. The molecule has 3 aromatic rings. The van der Waals surface area contributed by atoms with Crippen molar-refractivity contribution >= 4 is 17.5 Å². The lowest BCUT2D eigenvalue weighted by Gasteiger charge is -2.32. The summed E-state index contributed by atoms with van der Waals surface area (Å²) in [6, 6.07) is 21.5. The number of rotatable bonds is 4. The maximum Gasteiger partial charge on any atom is 0.254 e. The van der Waals surface area contributed by atoms with Gasteiger partial charge < -0.3 is 10.2 Å². The lowest BCUT2D eigenvalue weighted by molar-refractivity contribution is -0.120. The van der Waals surface area contributed by atoms with Gasteiger partial charge in [-0.2, -0.15) is 0 Å². The van der Waals surface area contributed by atoms with Crippen LogP contribution in [0.15, 0.2) is 78.9 Å². The van der Waals surface area contributed by atoms with Crippen LogP contribution >= 0.6 is 0 Å². The van der Waals surface area contributed by atoms with Gasteiger partial charge in [-0.3, -0.25) is 9.59 Å². The number of fused-ring (bicyclic) bond motifs is 1. The third-order valence-electron chi connectivity index (χ3n) is 5.14. The lowest BCUT2D eigenvalue weighted by Crippen LogP contribution is -2.45. The number of anilines is 1. The first kappa shape index (κ1) is 18.9. The van der Waals surface area contributed by atoms with Crippen molar-refractivity contribution in [3.8, 4) is 0 Å². The van der Waals surface area contributed by atoms with Crippen molar-refractivity contribution in [3.63, 3.8) is 0 Å². The number of halogens is 1. The summed E-state index contributed by atoms with van der Waals surface area (Å²) in [4.78, 5) is 28.1. The Hall–Kier alpha value is -3.47. The molecule has 0 aromatic heterocycles. The molecule has 0 unspecified atom stereocenters. The van der Waals surface area contributed by atoms with Gasteiger partial charge in [0, 0.05) is 17.8 Å². The Bertz CT molecular complexity index is 1020. The standard InChI is InChI=1S/C24H21FN2O2/c25-20-14-12-19(13-15-20)23(28)26-22(18-8-2-1-3-9-18)24(29)27-16-6-10-17-7-4-5-11-21(17)27/h1-5,7-9,11-15,22H,6,10,16H2,(H,26,28)/t22-/m0/s1. The Kier molecular flexibility index (Phi) is 5.38. The maximum absolute atomic E-state index is 13.5. The fourth-order valence-electron chi connectivity index (χ4n) is 3.67. The van der Waals surface area contributed by atoms with Crippen molar-refractivity contribution in [2.75, 3.05) is 11.4 Å². The summed E-state index contributed by atoms with van der Waals surface area (Å²) in [5.41, 5.74) is 3.03. The van der Waals surface area contributed by atoms with Crippen molar-refractivity contribution in [1.82, 2.24) is 5.32 Å². The second kappa shape index (κ2) is 8.27. The van der Waals surface area contributed by atoms with Gasteiger partial charge >= 0.3 is 0 Å². The summed E-state index contributed by atoms with van der Waals surface area (Å²) in [6.07, 6.45) is 1.80. The van der Waals surface area contributed by atoms with Gasteiger partial charge in [-0.05, 0) is 54.3 Å². The number of aryl methyl sites for hydroxylation is 1. The van der Waals surface area contributed by atoms with Gasteiger partial charge in [0.05, 0.1) is 0 Å². The second-order valence-electron chi connectivity index (χ2n) is 7.05. The monoisotopic (exact) mass is 388 g/mol. The van der Waals surface area contributed by atoms with Gasteiger partial charge in [0.15, 0.2) is 0 Å². The minimum absolute atomic E-state index is 0.182. The highest BCUT2D eigenvalue weighted by molar-refractivity contribution is 6.03. The van der Waals surface area contributed by atoms with E-state index in [1.165, 1.54) is 24.3 Å². The van der Waals surface area contributed by atoms with Crippen molar-refractivity contribution < 1.29 is 14.0 Å². The molecule has 5 heteroatoms. The van der Waals surface area contributed by atoms with Crippen LogP contribution < -0.4 is 10.2 Å². The van der Waals surface area contributed by atoms with Crippen LogP contribution in [0, 0.1) is 5.82 Å². The topological polar surface area (TPSA) is 49.4 Å². The highest BCUT2D eigenvalue weighted by atomic mass is 19.1. The number of amides is 2. The molecule has 1 aliphatic rings. The summed E-state index contributed by atoms with van der Waals surface area (Å²) in [7, 11) is 0. The Labute approximate surface area is 169 Å². The summed E-state index contributed by atoms with van der Waals surface area (Å²) in [6.45, 7) is 0.603. The fraction of sp³-hybridized carbons (Fsp3) is 0.167. The van der Waals surface area contributed by atoms with Crippen LogP contribution in [0.1, 0.15) is 33.9 Å². The van der Waals surface area contributed by atoms with E-state index in [1.54, 1.807) is 4.90 Å². The van der Waals surface area contributed by atoms with E-state index < -0.39 is 17.8 Å². The van der Waals surface area contributed by atoms with Crippen molar-refractivity contribution in [3.05, 3.63) is 101 Å². The molecule has 1 aliphatic heterocycles. The molecule has 0 radical (unpaired) electrons. The Morgan fingerprint density at radius 2 is 1.59 bits per heavy atom. The molecule has 0 spiro atoms. The van der Waals surface area contributed by atoms with Gasteiger partial charge in [-0.25, -0.2) is 4.39 Å². The first-order valence-corrected chi connectivity index (χ1v) is 9.64. The number of nitrogens with zero attached hydrogens (tertiary/aromatic N) is 1. The smallest absolute Gasteiger partial charge is 0.254 e. The van der Waals surface area contributed by atoms with Crippen LogP contribution in [0.25, 0.3) is 0 Å². The average molecular weight is 388 g/mol. The molecule has 0 fully saturated rings. The van der Waals surface area contributed by atoms with Crippen molar-refractivity contribution in [1.29, 1.82) is 0 Å². The molecule has 2 amide bonds. The zero-order valence-corrected chi connectivity index (χ0v) is 15.8. The van der Waals surface area contributed by atoms with Crippen LogP contribution in [0.4, 0.5) is 10.1 Å². The molecule has 0 bridgehead atoms. The molecule has 29 heavy (non-hydrogen) atoms. The van der Waals surface area contributed by atoms with Crippen LogP contribution in [-0.2, 0) is 11.2 Å². The van der Waals surface area contributed by atoms with Crippen LogP contribution in [0.5, 0.6) is 0 Å². The molecule has 3 aromatic carbocycles. The average Bonchev–Trinajstić information content (AvgIpc) is 2.77. The number of hydrogen-bond donors (Lipinski definition) is 1.